The molecule has 29 heavy (non-hydrogen) atoms. The first-order chi connectivity index (χ1) is 13.9. The van der Waals surface area contributed by atoms with Crippen LogP contribution < -0.4 is 11.5 Å². The van der Waals surface area contributed by atoms with Crippen LogP contribution >= 0.6 is 0 Å². The summed E-state index contributed by atoms with van der Waals surface area (Å²) in [5.74, 6) is -0.523. The topological polar surface area (TPSA) is 91.1 Å². The third-order valence-corrected chi connectivity index (χ3v) is 5.40. The van der Waals surface area contributed by atoms with E-state index in [1.54, 1.807) is 12.1 Å². The zero-order valence-electron chi connectivity index (χ0n) is 16.5. The quantitative estimate of drug-likeness (QED) is 0.540. The van der Waals surface area contributed by atoms with Gasteiger partial charge in [-0.1, -0.05) is 44.2 Å². The van der Waals surface area contributed by atoms with Crippen molar-refractivity contribution in [3.8, 4) is 0 Å². The largest absolute Gasteiger partial charge is 0.366 e. The van der Waals surface area contributed by atoms with E-state index in [9.17, 15) is 9.59 Å². The van der Waals surface area contributed by atoms with E-state index in [0.29, 0.717) is 23.6 Å². The molecule has 0 aliphatic carbocycles. The van der Waals surface area contributed by atoms with Gasteiger partial charge in [-0.2, -0.15) is 0 Å². The summed E-state index contributed by atoms with van der Waals surface area (Å²) in [4.78, 5) is 23.7. The van der Waals surface area contributed by atoms with Crippen LogP contribution in [0.25, 0.3) is 21.8 Å². The number of benzene rings is 3. The summed E-state index contributed by atoms with van der Waals surface area (Å²) in [5.41, 5.74) is 16.2. The molecule has 0 unspecified atom stereocenters. The SMILES string of the molecule is CC(C)c1ccc2c3c(C(N)=O)cccc3n(Cc3cccc(C(N)=O)c3)c2c1. The van der Waals surface area contributed by atoms with Crippen molar-refractivity contribution in [3.63, 3.8) is 0 Å². The number of nitrogens with zero attached hydrogens (tertiary/aromatic N) is 1. The van der Waals surface area contributed by atoms with Crippen molar-refractivity contribution in [2.75, 3.05) is 0 Å². The van der Waals surface area contributed by atoms with Gasteiger partial charge in [0.1, 0.15) is 0 Å². The molecular formula is C24H23N3O2. The molecule has 5 heteroatoms. The Morgan fingerprint density at radius 1 is 0.897 bits per heavy atom. The molecule has 0 spiro atoms. The zero-order chi connectivity index (χ0) is 20.7. The van der Waals surface area contributed by atoms with E-state index >= 15 is 0 Å². The van der Waals surface area contributed by atoms with Crippen molar-refractivity contribution in [1.29, 1.82) is 0 Å². The van der Waals surface area contributed by atoms with Crippen LogP contribution in [0.2, 0.25) is 0 Å². The smallest absolute Gasteiger partial charge is 0.249 e. The van der Waals surface area contributed by atoms with E-state index in [2.05, 4.69) is 36.6 Å². The monoisotopic (exact) mass is 385 g/mol. The molecule has 5 nitrogen and oxygen atoms in total. The van der Waals surface area contributed by atoms with Crippen LogP contribution in [0.5, 0.6) is 0 Å². The molecule has 0 radical (unpaired) electrons. The van der Waals surface area contributed by atoms with E-state index in [4.69, 9.17) is 11.5 Å². The van der Waals surface area contributed by atoms with E-state index < -0.39 is 11.8 Å². The van der Waals surface area contributed by atoms with Gasteiger partial charge < -0.3 is 16.0 Å². The highest BCUT2D eigenvalue weighted by atomic mass is 16.1. The van der Waals surface area contributed by atoms with Gasteiger partial charge in [-0.05, 0) is 47.4 Å². The number of primary amides is 2. The lowest BCUT2D eigenvalue weighted by Crippen LogP contribution is -2.12. The van der Waals surface area contributed by atoms with Crippen LogP contribution in [0.3, 0.4) is 0 Å². The Kier molecular flexibility index (Phi) is 4.59. The molecule has 146 valence electrons. The number of fused-ring (bicyclic) bond motifs is 3. The first-order valence-electron chi connectivity index (χ1n) is 9.60. The van der Waals surface area contributed by atoms with Crippen LogP contribution in [0.4, 0.5) is 0 Å². The lowest BCUT2D eigenvalue weighted by atomic mass is 10.00. The molecule has 0 aliphatic rings. The lowest BCUT2D eigenvalue weighted by Gasteiger charge is -2.11. The maximum absolute atomic E-state index is 12.1. The summed E-state index contributed by atoms with van der Waals surface area (Å²) >= 11 is 0. The third kappa shape index (κ3) is 3.25. The Morgan fingerprint density at radius 3 is 2.34 bits per heavy atom. The van der Waals surface area contributed by atoms with Gasteiger partial charge in [-0.3, -0.25) is 9.59 Å². The van der Waals surface area contributed by atoms with Crippen LogP contribution in [0.15, 0.2) is 60.7 Å². The van der Waals surface area contributed by atoms with Gasteiger partial charge in [0.2, 0.25) is 11.8 Å². The zero-order valence-corrected chi connectivity index (χ0v) is 16.5. The molecule has 4 rings (SSSR count). The summed E-state index contributed by atoms with van der Waals surface area (Å²) in [6, 6.07) is 19.3. The number of carbonyl (C=O) groups excluding carboxylic acids is 2. The van der Waals surface area contributed by atoms with Gasteiger partial charge in [0, 0.05) is 34.0 Å². The molecular weight excluding hydrogens is 362 g/mol. The van der Waals surface area contributed by atoms with Crippen molar-refractivity contribution < 1.29 is 9.59 Å². The molecule has 3 aromatic carbocycles. The normalized spacial score (nSPS) is 11.4. The summed E-state index contributed by atoms with van der Waals surface area (Å²) in [7, 11) is 0. The van der Waals surface area contributed by atoms with Crippen molar-refractivity contribution >= 4 is 33.6 Å². The average Bonchev–Trinajstić information content (AvgIpc) is 3.01. The van der Waals surface area contributed by atoms with Crippen molar-refractivity contribution in [3.05, 3.63) is 82.9 Å². The molecule has 0 saturated carbocycles. The van der Waals surface area contributed by atoms with Gasteiger partial charge in [0.15, 0.2) is 0 Å². The van der Waals surface area contributed by atoms with Crippen LogP contribution in [-0.2, 0) is 6.54 Å². The third-order valence-electron chi connectivity index (χ3n) is 5.40. The minimum atomic E-state index is -0.452. The molecule has 0 bridgehead atoms. The molecule has 0 saturated heterocycles. The number of hydrogen-bond donors (Lipinski definition) is 2. The van der Waals surface area contributed by atoms with Gasteiger partial charge in [-0.15, -0.1) is 0 Å². The molecule has 1 aromatic heterocycles. The number of carbonyl (C=O) groups is 2. The highest BCUT2D eigenvalue weighted by Crippen LogP contribution is 2.34. The molecule has 0 atom stereocenters. The van der Waals surface area contributed by atoms with Crippen LogP contribution in [0.1, 0.15) is 51.6 Å². The van der Waals surface area contributed by atoms with Gasteiger partial charge in [-0.25, -0.2) is 0 Å². The minimum Gasteiger partial charge on any atom is -0.366 e. The van der Waals surface area contributed by atoms with Crippen molar-refractivity contribution in [2.45, 2.75) is 26.3 Å². The Bertz CT molecular complexity index is 1270. The summed E-state index contributed by atoms with van der Waals surface area (Å²) < 4.78 is 2.17. The number of nitrogens with two attached hydrogens (primary N) is 2. The van der Waals surface area contributed by atoms with E-state index in [0.717, 1.165) is 27.4 Å². The average molecular weight is 385 g/mol. The Morgan fingerprint density at radius 2 is 1.66 bits per heavy atom. The molecule has 0 aliphatic heterocycles. The first-order valence-corrected chi connectivity index (χ1v) is 9.60. The number of hydrogen-bond acceptors (Lipinski definition) is 2. The molecule has 0 fully saturated rings. The lowest BCUT2D eigenvalue weighted by molar-refractivity contribution is 0.0992. The van der Waals surface area contributed by atoms with E-state index in [1.807, 2.05) is 30.3 Å². The Hall–Kier alpha value is -3.60. The molecule has 4 aromatic rings. The Balaban J connectivity index is 2.01. The van der Waals surface area contributed by atoms with Gasteiger partial charge in [0.05, 0.1) is 5.52 Å². The molecule has 4 N–H and O–H groups in total. The Labute approximate surface area is 168 Å². The van der Waals surface area contributed by atoms with Crippen LogP contribution in [-0.4, -0.2) is 16.4 Å². The standard InChI is InChI=1S/C24H23N3O2/c1-14(2)16-9-10-18-21(12-16)27(13-15-5-3-6-17(11-15)23(25)28)20-8-4-7-19(22(18)20)24(26)29/h3-12,14H,13H2,1-2H3,(H2,25,28)(H2,26,29). The minimum absolute atomic E-state index is 0.375. The summed E-state index contributed by atoms with van der Waals surface area (Å²) in [6.07, 6.45) is 0. The predicted octanol–water partition coefficient (Wildman–Crippen LogP) is 4.16. The second kappa shape index (κ2) is 7.09. The van der Waals surface area contributed by atoms with Crippen molar-refractivity contribution in [2.24, 2.45) is 11.5 Å². The molecule has 1 heterocycles. The fraction of sp³-hybridized carbons (Fsp3) is 0.167. The summed E-state index contributed by atoms with van der Waals surface area (Å²) in [6.45, 7) is 4.85. The second-order valence-corrected chi connectivity index (χ2v) is 7.65. The second-order valence-electron chi connectivity index (χ2n) is 7.65. The fourth-order valence-corrected chi connectivity index (χ4v) is 3.90. The number of amides is 2. The van der Waals surface area contributed by atoms with Crippen LogP contribution in [0, 0.1) is 0 Å². The van der Waals surface area contributed by atoms with Gasteiger partial charge in [0.25, 0.3) is 0 Å². The van der Waals surface area contributed by atoms with E-state index in [1.165, 1.54) is 5.56 Å². The van der Waals surface area contributed by atoms with Gasteiger partial charge >= 0.3 is 0 Å². The first kappa shape index (κ1) is 18.7. The highest BCUT2D eigenvalue weighted by molar-refractivity contribution is 6.18. The number of aromatic nitrogens is 1. The van der Waals surface area contributed by atoms with Crippen molar-refractivity contribution in [1.82, 2.24) is 4.57 Å². The molecule has 2 amide bonds. The number of rotatable bonds is 5. The van der Waals surface area contributed by atoms with E-state index in [-0.39, 0.29) is 0 Å². The maximum atomic E-state index is 12.1. The summed E-state index contributed by atoms with van der Waals surface area (Å²) in [5, 5.41) is 1.85. The predicted molar refractivity (Wildman–Crippen MR) is 116 cm³/mol. The highest BCUT2D eigenvalue weighted by Gasteiger charge is 2.17. The maximum Gasteiger partial charge on any atom is 0.249 e. The fourth-order valence-electron chi connectivity index (χ4n) is 3.90.